The van der Waals surface area contributed by atoms with Gasteiger partial charge in [0.2, 0.25) is 0 Å². The number of nitrogens with zero attached hydrogens (tertiary/aromatic N) is 3. The molecule has 1 N–H and O–H groups in total. The van der Waals surface area contributed by atoms with E-state index in [1.165, 1.54) is 6.33 Å². The first-order valence-electron chi connectivity index (χ1n) is 8.43. The van der Waals surface area contributed by atoms with E-state index < -0.39 is 0 Å². The number of benzene rings is 2. The fourth-order valence-corrected chi connectivity index (χ4v) is 2.73. The van der Waals surface area contributed by atoms with Gasteiger partial charge in [-0.25, -0.2) is 9.97 Å². The molecule has 26 heavy (non-hydrogen) atoms. The highest BCUT2D eigenvalue weighted by Gasteiger charge is 2.18. The molecule has 1 amide bonds. The summed E-state index contributed by atoms with van der Waals surface area (Å²) in [7, 11) is 3.79. The number of aryl methyl sites for hydroxylation is 2. The third kappa shape index (κ3) is 3.72. The maximum atomic E-state index is 12.8. The van der Waals surface area contributed by atoms with Crippen LogP contribution < -0.4 is 10.2 Å². The number of anilines is 2. The van der Waals surface area contributed by atoms with Crippen LogP contribution in [0.5, 0.6) is 0 Å². The third-order valence-corrected chi connectivity index (χ3v) is 4.09. The Labute approximate surface area is 153 Å². The van der Waals surface area contributed by atoms with E-state index in [0.29, 0.717) is 22.8 Å². The number of aromatic nitrogens is 2. The third-order valence-electron chi connectivity index (χ3n) is 4.09. The molecule has 0 fully saturated rings. The predicted octanol–water partition coefficient (Wildman–Crippen LogP) is 4.08. The second-order valence-electron chi connectivity index (χ2n) is 6.50. The molecule has 0 radical (unpaired) electrons. The molecule has 5 nitrogen and oxygen atoms in total. The highest BCUT2D eigenvalue weighted by atomic mass is 16.1. The summed E-state index contributed by atoms with van der Waals surface area (Å²) in [5, 5.41) is 3.01. The molecule has 0 aliphatic rings. The van der Waals surface area contributed by atoms with Crippen LogP contribution in [0.1, 0.15) is 21.5 Å². The topological polar surface area (TPSA) is 58.1 Å². The van der Waals surface area contributed by atoms with Gasteiger partial charge in [0.1, 0.15) is 12.0 Å². The van der Waals surface area contributed by atoms with Gasteiger partial charge in [-0.2, -0.15) is 0 Å². The first kappa shape index (κ1) is 17.6. The molecule has 5 heteroatoms. The van der Waals surface area contributed by atoms with Crippen LogP contribution in [0.25, 0.3) is 11.3 Å². The van der Waals surface area contributed by atoms with Gasteiger partial charge in [0, 0.05) is 25.2 Å². The minimum Gasteiger partial charge on any atom is -0.361 e. The summed E-state index contributed by atoms with van der Waals surface area (Å²) in [5.74, 6) is 0.480. The summed E-state index contributed by atoms with van der Waals surface area (Å²) < 4.78 is 0. The van der Waals surface area contributed by atoms with Gasteiger partial charge in [-0.3, -0.25) is 4.79 Å². The molecule has 1 aromatic heterocycles. The van der Waals surface area contributed by atoms with Crippen molar-refractivity contribution in [3.63, 3.8) is 0 Å². The molecule has 2 aromatic carbocycles. The van der Waals surface area contributed by atoms with Crippen molar-refractivity contribution in [2.24, 2.45) is 0 Å². The van der Waals surface area contributed by atoms with E-state index in [4.69, 9.17) is 0 Å². The number of hydrogen-bond acceptors (Lipinski definition) is 4. The van der Waals surface area contributed by atoms with Gasteiger partial charge in [0.15, 0.2) is 5.82 Å². The largest absolute Gasteiger partial charge is 0.361 e. The molecule has 3 aromatic rings. The van der Waals surface area contributed by atoms with Crippen molar-refractivity contribution in [2.75, 3.05) is 24.3 Å². The van der Waals surface area contributed by atoms with Crippen molar-refractivity contribution in [3.05, 3.63) is 71.5 Å². The summed E-state index contributed by atoms with van der Waals surface area (Å²) in [6.07, 6.45) is 1.52. The van der Waals surface area contributed by atoms with Gasteiger partial charge in [0.25, 0.3) is 5.91 Å². The van der Waals surface area contributed by atoms with Crippen molar-refractivity contribution in [1.82, 2.24) is 9.97 Å². The van der Waals surface area contributed by atoms with Gasteiger partial charge in [-0.15, -0.1) is 0 Å². The molecule has 0 aliphatic heterocycles. The highest BCUT2D eigenvalue weighted by Crippen LogP contribution is 2.32. The number of carbonyl (C=O) groups excluding carboxylic acids is 1. The Balaban J connectivity index is 2.06. The molecule has 132 valence electrons. The maximum absolute atomic E-state index is 12.8. The van der Waals surface area contributed by atoms with E-state index in [2.05, 4.69) is 15.3 Å². The van der Waals surface area contributed by atoms with E-state index >= 15 is 0 Å². The maximum Gasteiger partial charge on any atom is 0.255 e. The fraction of sp³-hybridized carbons (Fsp3) is 0.190. The summed E-state index contributed by atoms with van der Waals surface area (Å²) in [4.78, 5) is 23.4. The monoisotopic (exact) mass is 346 g/mol. The average Bonchev–Trinajstić information content (AvgIpc) is 2.62. The summed E-state index contributed by atoms with van der Waals surface area (Å²) >= 11 is 0. The van der Waals surface area contributed by atoms with E-state index in [-0.39, 0.29) is 5.91 Å². The number of hydrogen-bond donors (Lipinski definition) is 1. The minimum absolute atomic E-state index is 0.184. The van der Waals surface area contributed by atoms with Crippen LogP contribution in [0.15, 0.2) is 54.9 Å². The summed E-state index contributed by atoms with van der Waals surface area (Å²) in [5.41, 5.74) is 5.08. The Morgan fingerprint density at radius 1 is 0.962 bits per heavy atom. The van der Waals surface area contributed by atoms with Crippen LogP contribution in [0, 0.1) is 13.8 Å². The lowest BCUT2D eigenvalue weighted by Gasteiger charge is -2.19. The Kier molecular flexibility index (Phi) is 4.98. The quantitative estimate of drug-likeness (QED) is 0.773. The SMILES string of the molecule is Cc1ccc(C(=O)Nc2c(-c3cccc(C)c3)ncnc2N(C)C)cc1. The van der Waals surface area contributed by atoms with E-state index in [0.717, 1.165) is 16.7 Å². The first-order valence-corrected chi connectivity index (χ1v) is 8.43. The summed E-state index contributed by atoms with van der Waals surface area (Å²) in [6, 6.07) is 15.5. The zero-order valence-electron chi connectivity index (χ0n) is 15.4. The molecule has 1 heterocycles. The van der Waals surface area contributed by atoms with Crippen molar-refractivity contribution >= 4 is 17.4 Å². The van der Waals surface area contributed by atoms with Crippen LogP contribution in [-0.2, 0) is 0 Å². The summed E-state index contributed by atoms with van der Waals surface area (Å²) in [6.45, 7) is 4.02. The lowest BCUT2D eigenvalue weighted by Crippen LogP contribution is -2.19. The van der Waals surface area contributed by atoms with Crippen molar-refractivity contribution in [2.45, 2.75) is 13.8 Å². The van der Waals surface area contributed by atoms with E-state index in [1.807, 2.05) is 81.4 Å². The van der Waals surface area contributed by atoms with Gasteiger partial charge in [-0.05, 0) is 32.0 Å². The Morgan fingerprint density at radius 2 is 1.69 bits per heavy atom. The number of amides is 1. The van der Waals surface area contributed by atoms with Crippen molar-refractivity contribution in [3.8, 4) is 11.3 Å². The highest BCUT2D eigenvalue weighted by molar-refractivity contribution is 6.07. The lowest BCUT2D eigenvalue weighted by atomic mass is 10.1. The zero-order chi connectivity index (χ0) is 18.7. The second kappa shape index (κ2) is 7.35. The molecule has 0 spiro atoms. The molecule has 0 saturated carbocycles. The van der Waals surface area contributed by atoms with Gasteiger partial charge < -0.3 is 10.2 Å². The number of nitrogens with one attached hydrogen (secondary N) is 1. The minimum atomic E-state index is -0.184. The molecule has 0 atom stereocenters. The predicted molar refractivity (Wildman–Crippen MR) is 106 cm³/mol. The van der Waals surface area contributed by atoms with Crippen LogP contribution in [-0.4, -0.2) is 30.0 Å². The van der Waals surface area contributed by atoms with Gasteiger partial charge >= 0.3 is 0 Å². The molecular formula is C21H22N4O. The molecule has 0 aliphatic carbocycles. The molecular weight excluding hydrogens is 324 g/mol. The Hall–Kier alpha value is -3.21. The van der Waals surface area contributed by atoms with Gasteiger partial charge in [0.05, 0.1) is 5.69 Å². The first-order chi connectivity index (χ1) is 12.5. The number of carbonyl (C=O) groups is 1. The standard InChI is InChI=1S/C21H22N4O/c1-14-8-10-16(11-9-14)21(26)24-19-18(17-7-5-6-15(2)12-17)22-13-23-20(19)25(3)4/h5-13H,1-4H3,(H,24,26). The van der Waals surface area contributed by atoms with E-state index in [1.54, 1.807) is 0 Å². The lowest BCUT2D eigenvalue weighted by molar-refractivity contribution is 0.102. The van der Waals surface area contributed by atoms with Gasteiger partial charge in [-0.1, -0.05) is 41.5 Å². The average molecular weight is 346 g/mol. The van der Waals surface area contributed by atoms with Crippen LogP contribution in [0.4, 0.5) is 11.5 Å². The van der Waals surface area contributed by atoms with Crippen LogP contribution in [0.3, 0.4) is 0 Å². The molecule has 0 saturated heterocycles. The smallest absolute Gasteiger partial charge is 0.255 e. The normalized spacial score (nSPS) is 10.5. The second-order valence-corrected chi connectivity index (χ2v) is 6.50. The Bertz CT molecular complexity index is 933. The molecule has 3 rings (SSSR count). The van der Waals surface area contributed by atoms with Crippen molar-refractivity contribution < 1.29 is 4.79 Å². The van der Waals surface area contributed by atoms with Crippen LogP contribution in [0.2, 0.25) is 0 Å². The van der Waals surface area contributed by atoms with Crippen LogP contribution >= 0.6 is 0 Å². The van der Waals surface area contributed by atoms with Crippen molar-refractivity contribution in [1.29, 1.82) is 0 Å². The number of rotatable bonds is 4. The zero-order valence-corrected chi connectivity index (χ0v) is 15.4. The fourth-order valence-electron chi connectivity index (χ4n) is 2.73. The van der Waals surface area contributed by atoms with E-state index in [9.17, 15) is 4.79 Å². The Morgan fingerprint density at radius 3 is 2.35 bits per heavy atom. The molecule has 0 bridgehead atoms. The molecule has 0 unspecified atom stereocenters.